The fourth-order valence-corrected chi connectivity index (χ4v) is 2.31. The van der Waals surface area contributed by atoms with E-state index in [0.717, 1.165) is 5.57 Å². The summed E-state index contributed by atoms with van der Waals surface area (Å²) in [5.74, 6) is -1.15. The lowest BCUT2D eigenvalue weighted by Crippen LogP contribution is -2.34. The van der Waals surface area contributed by atoms with Gasteiger partial charge in [-0.3, -0.25) is 4.79 Å². The number of likely N-dealkylation sites (tertiary alicyclic amines) is 1. The second-order valence-electron chi connectivity index (χ2n) is 6.61. The third kappa shape index (κ3) is 4.53. The summed E-state index contributed by atoms with van der Waals surface area (Å²) in [6.07, 6.45) is 1.94. The van der Waals surface area contributed by atoms with Gasteiger partial charge in [-0.05, 0) is 51.0 Å². The van der Waals surface area contributed by atoms with Crippen molar-refractivity contribution >= 4 is 18.1 Å². The molecule has 1 aliphatic rings. The van der Waals surface area contributed by atoms with E-state index < -0.39 is 17.5 Å². The Kier molecular flexibility index (Phi) is 5.21. The molecule has 1 fully saturated rings. The molecule has 0 saturated carbocycles. The topological polar surface area (TPSA) is 71.5 Å². The normalized spacial score (nSPS) is 16.4. The largest absolute Gasteiger partial charge is 0.444 e. The summed E-state index contributed by atoms with van der Waals surface area (Å²) in [5.41, 5.74) is 0.687. The van der Waals surface area contributed by atoms with Crippen LogP contribution in [0.3, 0.4) is 0 Å². The van der Waals surface area contributed by atoms with Crippen LogP contribution < -0.4 is 5.32 Å². The number of nitrogens with zero attached hydrogens (tertiary/aromatic N) is 2. The Morgan fingerprint density at radius 3 is 2.67 bits per heavy atom. The van der Waals surface area contributed by atoms with Crippen molar-refractivity contribution in [3.8, 4) is 0 Å². The summed E-state index contributed by atoms with van der Waals surface area (Å²) in [6.45, 7) is 6.37. The van der Waals surface area contributed by atoms with Crippen molar-refractivity contribution in [1.29, 1.82) is 0 Å². The maximum absolute atomic E-state index is 14.0. The standard InChI is InChI=1S/C17H22FN3O3/c1-17(2,3)24-16(23)21-8-7-11(10-21)9-12-5-6-13(15(22)19-4)20-14(12)18/h5-6,9H,7-8,10H2,1-4H3,(H,19,22)/b11-9+. The summed E-state index contributed by atoms with van der Waals surface area (Å²) in [5, 5.41) is 2.40. The Morgan fingerprint density at radius 2 is 2.08 bits per heavy atom. The van der Waals surface area contributed by atoms with Crippen molar-refractivity contribution in [1.82, 2.24) is 15.2 Å². The molecular formula is C17H22FN3O3. The van der Waals surface area contributed by atoms with E-state index in [-0.39, 0.29) is 11.8 Å². The number of carbonyl (C=O) groups excluding carboxylic acids is 2. The van der Waals surface area contributed by atoms with E-state index in [1.807, 2.05) is 20.8 Å². The van der Waals surface area contributed by atoms with E-state index >= 15 is 0 Å². The minimum Gasteiger partial charge on any atom is -0.444 e. The third-order valence-corrected chi connectivity index (χ3v) is 3.45. The second kappa shape index (κ2) is 6.98. The van der Waals surface area contributed by atoms with Gasteiger partial charge in [-0.25, -0.2) is 9.78 Å². The average molecular weight is 335 g/mol. The molecule has 24 heavy (non-hydrogen) atoms. The molecule has 0 spiro atoms. The molecular weight excluding hydrogens is 313 g/mol. The molecule has 1 saturated heterocycles. The first-order valence-corrected chi connectivity index (χ1v) is 7.75. The van der Waals surface area contributed by atoms with E-state index in [2.05, 4.69) is 10.3 Å². The third-order valence-electron chi connectivity index (χ3n) is 3.45. The molecule has 0 aromatic carbocycles. The molecule has 0 unspecified atom stereocenters. The van der Waals surface area contributed by atoms with Crippen molar-refractivity contribution in [3.63, 3.8) is 0 Å². The maximum atomic E-state index is 14.0. The molecule has 1 aliphatic heterocycles. The Morgan fingerprint density at radius 1 is 1.38 bits per heavy atom. The number of ether oxygens (including phenoxy) is 1. The van der Waals surface area contributed by atoms with Gasteiger partial charge in [-0.2, -0.15) is 4.39 Å². The van der Waals surface area contributed by atoms with Gasteiger partial charge < -0.3 is 15.0 Å². The van der Waals surface area contributed by atoms with Crippen LogP contribution in [0.15, 0.2) is 17.7 Å². The van der Waals surface area contributed by atoms with E-state index in [1.165, 1.54) is 19.2 Å². The van der Waals surface area contributed by atoms with Gasteiger partial charge in [0.05, 0.1) is 0 Å². The lowest BCUT2D eigenvalue weighted by Gasteiger charge is -2.23. The van der Waals surface area contributed by atoms with Crippen molar-refractivity contribution < 1.29 is 18.7 Å². The minimum atomic E-state index is -0.709. The van der Waals surface area contributed by atoms with Gasteiger partial charge in [0.25, 0.3) is 5.91 Å². The van der Waals surface area contributed by atoms with Gasteiger partial charge in [0.15, 0.2) is 0 Å². The van der Waals surface area contributed by atoms with Gasteiger partial charge in [-0.15, -0.1) is 0 Å². The Bertz CT molecular complexity index is 680. The molecule has 0 aliphatic carbocycles. The van der Waals surface area contributed by atoms with Gasteiger partial charge in [-0.1, -0.05) is 0 Å². The van der Waals surface area contributed by atoms with Crippen LogP contribution in [-0.2, 0) is 4.74 Å². The summed E-state index contributed by atoms with van der Waals surface area (Å²) >= 11 is 0. The first kappa shape index (κ1) is 17.9. The zero-order chi connectivity index (χ0) is 17.9. The lowest BCUT2D eigenvalue weighted by atomic mass is 10.1. The number of halogens is 1. The smallest absolute Gasteiger partial charge is 0.410 e. The molecule has 1 aromatic heterocycles. The number of pyridine rings is 1. The number of aromatic nitrogens is 1. The van der Waals surface area contributed by atoms with Crippen molar-refractivity contribution in [3.05, 3.63) is 34.9 Å². The molecule has 130 valence electrons. The number of rotatable bonds is 2. The molecule has 0 bridgehead atoms. The van der Waals surface area contributed by atoms with E-state index in [1.54, 1.807) is 11.0 Å². The zero-order valence-electron chi connectivity index (χ0n) is 14.4. The first-order chi connectivity index (χ1) is 11.2. The quantitative estimate of drug-likeness (QED) is 0.843. The molecule has 0 atom stereocenters. The van der Waals surface area contributed by atoms with Crippen molar-refractivity contribution in [2.24, 2.45) is 0 Å². The lowest BCUT2D eigenvalue weighted by molar-refractivity contribution is 0.0299. The van der Waals surface area contributed by atoms with E-state index in [9.17, 15) is 14.0 Å². The van der Waals surface area contributed by atoms with Crippen LogP contribution in [0.1, 0.15) is 43.2 Å². The number of hydrogen-bond acceptors (Lipinski definition) is 4. The van der Waals surface area contributed by atoms with Crippen LogP contribution in [0, 0.1) is 5.95 Å². The van der Waals surface area contributed by atoms with Gasteiger partial charge >= 0.3 is 6.09 Å². The molecule has 7 heteroatoms. The fraction of sp³-hybridized carbons (Fsp3) is 0.471. The highest BCUT2D eigenvalue weighted by molar-refractivity contribution is 5.92. The van der Waals surface area contributed by atoms with Gasteiger partial charge in [0.1, 0.15) is 11.3 Å². The van der Waals surface area contributed by atoms with Crippen LogP contribution >= 0.6 is 0 Å². The summed E-state index contributed by atoms with van der Waals surface area (Å²) in [6, 6.07) is 2.98. The Balaban J connectivity index is 2.08. The van der Waals surface area contributed by atoms with Crippen LogP contribution in [0.5, 0.6) is 0 Å². The highest BCUT2D eigenvalue weighted by Gasteiger charge is 2.26. The molecule has 6 nitrogen and oxygen atoms in total. The van der Waals surface area contributed by atoms with E-state index in [4.69, 9.17) is 4.74 Å². The predicted octanol–water partition coefficient (Wildman–Crippen LogP) is 2.60. The zero-order valence-corrected chi connectivity index (χ0v) is 14.4. The molecule has 2 heterocycles. The highest BCUT2D eigenvalue weighted by Crippen LogP contribution is 2.22. The fourth-order valence-electron chi connectivity index (χ4n) is 2.31. The van der Waals surface area contributed by atoms with Crippen LogP contribution in [0.2, 0.25) is 0 Å². The van der Waals surface area contributed by atoms with Crippen LogP contribution in [-0.4, -0.2) is 47.6 Å². The highest BCUT2D eigenvalue weighted by atomic mass is 19.1. The number of nitrogens with one attached hydrogen (secondary N) is 1. The molecule has 1 N–H and O–H groups in total. The summed E-state index contributed by atoms with van der Waals surface area (Å²) in [7, 11) is 1.46. The second-order valence-corrected chi connectivity index (χ2v) is 6.61. The number of amides is 2. The van der Waals surface area contributed by atoms with E-state index in [0.29, 0.717) is 25.1 Å². The van der Waals surface area contributed by atoms with Gasteiger partial charge in [0, 0.05) is 25.7 Å². The molecule has 2 rings (SSSR count). The molecule has 1 aromatic rings. The SMILES string of the molecule is CNC(=O)c1ccc(/C=C2\CCN(C(=O)OC(C)(C)C)C2)c(F)n1. The average Bonchev–Trinajstić information content (AvgIpc) is 2.95. The minimum absolute atomic E-state index is 0.0268. The Hall–Kier alpha value is -2.44. The number of carbonyl (C=O) groups is 2. The van der Waals surface area contributed by atoms with Crippen LogP contribution in [0.4, 0.5) is 9.18 Å². The van der Waals surface area contributed by atoms with Crippen molar-refractivity contribution in [2.75, 3.05) is 20.1 Å². The Labute approximate surface area is 140 Å². The monoisotopic (exact) mass is 335 g/mol. The summed E-state index contributed by atoms with van der Waals surface area (Å²) in [4.78, 5) is 28.7. The number of hydrogen-bond donors (Lipinski definition) is 1. The maximum Gasteiger partial charge on any atom is 0.410 e. The first-order valence-electron chi connectivity index (χ1n) is 7.75. The molecule has 2 amide bonds. The molecule has 0 radical (unpaired) electrons. The summed E-state index contributed by atoms with van der Waals surface area (Å²) < 4.78 is 19.4. The van der Waals surface area contributed by atoms with Crippen LogP contribution in [0.25, 0.3) is 6.08 Å². The van der Waals surface area contributed by atoms with Crippen molar-refractivity contribution in [2.45, 2.75) is 32.8 Å². The predicted molar refractivity (Wildman–Crippen MR) is 88.0 cm³/mol. The van der Waals surface area contributed by atoms with Gasteiger partial charge in [0.2, 0.25) is 5.95 Å².